The summed E-state index contributed by atoms with van der Waals surface area (Å²) < 4.78 is 37.8. The molecule has 0 aromatic rings. The highest BCUT2D eigenvalue weighted by Crippen LogP contribution is 2.36. The van der Waals surface area contributed by atoms with Crippen LogP contribution in [0, 0.1) is 0 Å². The molecule has 0 bridgehead atoms. The number of hydrogen-bond donors (Lipinski definition) is 2. The number of carboxylic acids is 1. The van der Waals surface area contributed by atoms with Crippen molar-refractivity contribution in [3.05, 3.63) is 0 Å². The van der Waals surface area contributed by atoms with E-state index in [1.165, 1.54) is 0 Å². The van der Waals surface area contributed by atoms with E-state index in [0.717, 1.165) is 0 Å². The predicted octanol–water partition coefficient (Wildman–Crippen LogP) is 1.31. The van der Waals surface area contributed by atoms with E-state index in [4.69, 9.17) is 33.2 Å². The maximum absolute atomic E-state index is 11.3. The van der Waals surface area contributed by atoms with Gasteiger partial charge in [0.2, 0.25) is 5.91 Å². The molecule has 0 unspecified atom stereocenters. The van der Waals surface area contributed by atoms with Gasteiger partial charge in [0.05, 0.1) is 72.7 Å². The molecule has 12 heteroatoms. The predicted molar refractivity (Wildman–Crippen MR) is 129 cm³/mol. The Balaban J connectivity index is 3.25. The summed E-state index contributed by atoms with van der Waals surface area (Å²) in [6, 6.07) is 0. The second-order valence-corrected chi connectivity index (χ2v) is 13.7. The van der Waals surface area contributed by atoms with Gasteiger partial charge in [-0.25, -0.2) is 4.79 Å². The zero-order valence-corrected chi connectivity index (χ0v) is 22.5. The SMILES string of the molecule is CC(C)(C)[Si](C)(C)OCCOCCOCCOCCOCCOCCNC(=O)COCC(=O)O. The molecule has 202 valence electrons. The average molecular weight is 512 g/mol. The molecule has 34 heavy (non-hydrogen) atoms. The number of amides is 1. The zero-order chi connectivity index (χ0) is 25.7. The third-order valence-electron chi connectivity index (χ3n) is 5.01. The van der Waals surface area contributed by atoms with Crippen LogP contribution in [0.4, 0.5) is 0 Å². The molecule has 11 nitrogen and oxygen atoms in total. The van der Waals surface area contributed by atoms with E-state index in [9.17, 15) is 9.59 Å². The minimum absolute atomic E-state index is 0.207. The van der Waals surface area contributed by atoms with Gasteiger partial charge in [0.25, 0.3) is 0 Å². The molecular weight excluding hydrogens is 466 g/mol. The topological polar surface area (TPSA) is 131 Å². The molecule has 0 saturated carbocycles. The van der Waals surface area contributed by atoms with Gasteiger partial charge in [0.15, 0.2) is 8.32 Å². The Morgan fingerprint density at radius 3 is 1.50 bits per heavy atom. The first-order valence-corrected chi connectivity index (χ1v) is 14.6. The normalized spacial score (nSPS) is 12.1. The average Bonchev–Trinajstić information content (AvgIpc) is 2.74. The van der Waals surface area contributed by atoms with E-state index in [0.29, 0.717) is 79.2 Å². The second-order valence-electron chi connectivity index (χ2n) is 8.91. The van der Waals surface area contributed by atoms with Crippen molar-refractivity contribution in [1.82, 2.24) is 5.32 Å². The number of ether oxygens (including phenoxy) is 6. The van der Waals surface area contributed by atoms with Gasteiger partial charge in [0, 0.05) is 6.54 Å². The lowest BCUT2D eigenvalue weighted by atomic mass is 10.2. The number of carbonyl (C=O) groups is 2. The van der Waals surface area contributed by atoms with E-state index in [2.05, 4.69) is 43.9 Å². The van der Waals surface area contributed by atoms with Crippen LogP contribution < -0.4 is 5.32 Å². The van der Waals surface area contributed by atoms with Crippen molar-refractivity contribution in [3.8, 4) is 0 Å². The van der Waals surface area contributed by atoms with Crippen LogP contribution in [0.5, 0.6) is 0 Å². The molecule has 0 aromatic carbocycles. The fraction of sp³-hybridized carbons (Fsp3) is 0.909. The largest absolute Gasteiger partial charge is 0.480 e. The first-order chi connectivity index (χ1) is 16.1. The molecule has 0 heterocycles. The number of rotatable bonds is 23. The van der Waals surface area contributed by atoms with Crippen molar-refractivity contribution < 1.29 is 47.5 Å². The van der Waals surface area contributed by atoms with Gasteiger partial charge in [-0.15, -0.1) is 0 Å². The molecule has 0 aliphatic rings. The Morgan fingerprint density at radius 2 is 1.09 bits per heavy atom. The first-order valence-electron chi connectivity index (χ1n) is 11.6. The lowest BCUT2D eigenvalue weighted by Gasteiger charge is -2.36. The van der Waals surface area contributed by atoms with Gasteiger partial charge in [-0.05, 0) is 18.1 Å². The Kier molecular flexibility index (Phi) is 19.4. The molecule has 0 aromatic heterocycles. The van der Waals surface area contributed by atoms with Crippen LogP contribution in [0.3, 0.4) is 0 Å². The maximum Gasteiger partial charge on any atom is 0.329 e. The Hall–Kier alpha value is -1.12. The van der Waals surface area contributed by atoms with Gasteiger partial charge >= 0.3 is 5.97 Å². The molecule has 2 N–H and O–H groups in total. The van der Waals surface area contributed by atoms with Crippen molar-refractivity contribution in [2.45, 2.75) is 38.9 Å². The third kappa shape index (κ3) is 20.3. The maximum atomic E-state index is 11.3. The molecule has 0 fully saturated rings. The number of hydrogen-bond acceptors (Lipinski definition) is 9. The Labute approximate surface area is 204 Å². The summed E-state index contributed by atoms with van der Waals surface area (Å²) in [7, 11) is -1.70. The van der Waals surface area contributed by atoms with Crippen molar-refractivity contribution in [1.29, 1.82) is 0 Å². The fourth-order valence-corrected chi connectivity index (χ4v) is 3.13. The van der Waals surface area contributed by atoms with Gasteiger partial charge in [-0.3, -0.25) is 4.79 Å². The molecule has 0 rings (SSSR count). The molecule has 0 radical (unpaired) electrons. The summed E-state index contributed by atoms with van der Waals surface area (Å²) in [5.74, 6) is -1.50. The standard InChI is InChI=1S/C22H45NO10Si/c1-22(2,3)34(4,5)33-17-16-31-15-14-30-13-12-29-11-10-28-9-8-27-7-6-23-20(24)18-32-19-21(25)26/h6-19H2,1-5H3,(H,23,24)(H,25,26). The summed E-state index contributed by atoms with van der Waals surface area (Å²) in [6.45, 7) is 16.0. The van der Waals surface area contributed by atoms with Crippen molar-refractivity contribution in [2.24, 2.45) is 0 Å². The van der Waals surface area contributed by atoms with Gasteiger partial charge in [0.1, 0.15) is 13.2 Å². The highest BCUT2D eigenvalue weighted by Gasteiger charge is 2.36. The lowest BCUT2D eigenvalue weighted by Crippen LogP contribution is -2.41. The van der Waals surface area contributed by atoms with E-state index in [1.54, 1.807) is 0 Å². The quantitative estimate of drug-likeness (QED) is 0.153. The molecule has 1 amide bonds. The minimum atomic E-state index is -1.70. The molecule has 0 spiro atoms. The van der Waals surface area contributed by atoms with Crippen molar-refractivity contribution in [2.75, 3.05) is 92.4 Å². The molecule has 0 aliphatic heterocycles. The third-order valence-corrected chi connectivity index (χ3v) is 9.55. The minimum Gasteiger partial charge on any atom is -0.480 e. The van der Waals surface area contributed by atoms with Gasteiger partial charge < -0.3 is 43.3 Å². The number of aliphatic carboxylic acids is 1. The lowest BCUT2D eigenvalue weighted by molar-refractivity contribution is -0.143. The summed E-state index contributed by atoms with van der Waals surface area (Å²) in [6.07, 6.45) is 0. The first kappa shape index (κ1) is 32.9. The molecular formula is C22H45NO10Si. The Bertz CT molecular complexity index is 528. The second kappa shape index (κ2) is 20.1. The monoisotopic (exact) mass is 511 g/mol. The molecule has 0 aliphatic carbocycles. The van der Waals surface area contributed by atoms with E-state index >= 15 is 0 Å². The summed E-state index contributed by atoms with van der Waals surface area (Å²) in [5.41, 5.74) is 0. The fourth-order valence-electron chi connectivity index (χ4n) is 2.10. The van der Waals surface area contributed by atoms with Gasteiger partial charge in [-0.2, -0.15) is 0 Å². The van der Waals surface area contributed by atoms with Crippen LogP contribution in [0.1, 0.15) is 20.8 Å². The van der Waals surface area contributed by atoms with Crippen LogP contribution in [-0.4, -0.2) is 118 Å². The Morgan fingerprint density at radius 1 is 0.676 bits per heavy atom. The van der Waals surface area contributed by atoms with E-state index in [-0.39, 0.29) is 17.6 Å². The van der Waals surface area contributed by atoms with Crippen LogP contribution in [-0.2, 0) is 42.4 Å². The van der Waals surface area contributed by atoms with Crippen molar-refractivity contribution in [3.63, 3.8) is 0 Å². The van der Waals surface area contributed by atoms with E-state index < -0.39 is 20.9 Å². The van der Waals surface area contributed by atoms with Crippen LogP contribution in [0.2, 0.25) is 18.1 Å². The van der Waals surface area contributed by atoms with E-state index in [1.807, 2.05) is 0 Å². The molecule has 0 atom stereocenters. The number of carbonyl (C=O) groups excluding carboxylic acids is 1. The van der Waals surface area contributed by atoms with Crippen molar-refractivity contribution >= 4 is 20.2 Å². The van der Waals surface area contributed by atoms with Crippen LogP contribution >= 0.6 is 0 Å². The highest BCUT2D eigenvalue weighted by molar-refractivity contribution is 6.74. The van der Waals surface area contributed by atoms with Gasteiger partial charge in [-0.1, -0.05) is 20.8 Å². The number of carboxylic acid groups (broad SMARTS) is 1. The van der Waals surface area contributed by atoms with Crippen LogP contribution in [0.15, 0.2) is 0 Å². The number of nitrogens with one attached hydrogen (secondary N) is 1. The summed E-state index contributed by atoms with van der Waals surface area (Å²) in [5, 5.41) is 11.2. The summed E-state index contributed by atoms with van der Waals surface area (Å²) in [4.78, 5) is 21.6. The van der Waals surface area contributed by atoms with Crippen LogP contribution in [0.25, 0.3) is 0 Å². The smallest absolute Gasteiger partial charge is 0.329 e. The highest BCUT2D eigenvalue weighted by atomic mass is 28.4. The zero-order valence-electron chi connectivity index (χ0n) is 21.5. The molecule has 0 saturated heterocycles. The summed E-state index contributed by atoms with van der Waals surface area (Å²) >= 11 is 0.